The molecule has 0 aromatic heterocycles. The fourth-order valence-electron chi connectivity index (χ4n) is 7.19. The summed E-state index contributed by atoms with van der Waals surface area (Å²) >= 11 is 0. The van der Waals surface area contributed by atoms with Crippen molar-refractivity contribution in [3.63, 3.8) is 0 Å². The monoisotopic (exact) mass is 406 g/mol. The van der Waals surface area contributed by atoms with Gasteiger partial charge in [0.2, 0.25) is 0 Å². The van der Waals surface area contributed by atoms with Crippen LogP contribution in [0.4, 0.5) is 0 Å². The highest BCUT2D eigenvalue weighted by molar-refractivity contribution is 5.50. The molecular weight excluding hydrogens is 364 g/mol. The molecule has 1 nitrogen and oxygen atoms in total. The molecule has 1 N–H and O–H groups in total. The lowest BCUT2D eigenvalue weighted by molar-refractivity contribution is -0.251. The zero-order valence-electron chi connectivity index (χ0n) is 21.1. The fraction of sp³-hybridized carbons (Fsp3) is 0.586. The van der Waals surface area contributed by atoms with Gasteiger partial charge in [0, 0.05) is 5.41 Å². The van der Waals surface area contributed by atoms with Gasteiger partial charge in [-0.25, -0.2) is 0 Å². The molecular formula is C29H42O. The molecule has 0 heterocycles. The predicted molar refractivity (Wildman–Crippen MR) is 129 cm³/mol. The van der Waals surface area contributed by atoms with Gasteiger partial charge in [0.15, 0.2) is 0 Å². The average Bonchev–Trinajstić information content (AvgIpc) is 2.63. The van der Waals surface area contributed by atoms with E-state index in [0.29, 0.717) is 5.75 Å². The first-order chi connectivity index (χ1) is 13.5. The van der Waals surface area contributed by atoms with Crippen LogP contribution in [0.25, 0.3) is 0 Å². The predicted octanol–water partition coefficient (Wildman–Crippen LogP) is 8.13. The second-order valence-electron chi connectivity index (χ2n) is 12.3. The standard InChI is InChI=1S/C29H42O/c1-20-12-14-21(15-13-20)29(22-16-18-23(30)19-17-22)27(8,9)25(4,5)24(2,3)26(6,7)28(29,10)11/h12-19,30H,1-11H3. The van der Waals surface area contributed by atoms with Crippen LogP contribution in [0.3, 0.4) is 0 Å². The van der Waals surface area contributed by atoms with Crippen LogP contribution in [-0.2, 0) is 5.41 Å². The van der Waals surface area contributed by atoms with Gasteiger partial charge >= 0.3 is 0 Å². The lowest BCUT2D eigenvalue weighted by atomic mass is 9.26. The molecule has 0 atom stereocenters. The first-order valence-electron chi connectivity index (χ1n) is 11.4. The molecule has 0 aliphatic heterocycles. The van der Waals surface area contributed by atoms with E-state index < -0.39 is 0 Å². The molecule has 1 saturated carbocycles. The summed E-state index contributed by atoms with van der Waals surface area (Å²) in [4.78, 5) is 0. The number of hydrogen-bond acceptors (Lipinski definition) is 1. The molecule has 30 heavy (non-hydrogen) atoms. The van der Waals surface area contributed by atoms with Gasteiger partial charge in [-0.3, -0.25) is 0 Å². The van der Waals surface area contributed by atoms with Gasteiger partial charge in [-0.1, -0.05) is 111 Å². The van der Waals surface area contributed by atoms with E-state index in [4.69, 9.17) is 0 Å². The summed E-state index contributed by atoms with van der Waals surface area (Å²) < 4.78 is 0. The minimum atomic E-state index is -0.246. The maximum absolute atomic E-state index is 10.1. The van der Waals surface area contributed by atoms with Gasteiger partial charge in [0.05, 0.1) is 0 Å². The Morgan fingerprint density at radius 2 is 0.767 bits per heavy atom. The average molecular weight is 407 g/mol. The number of hydrogen-bond donors (Lipinski definition) is 1. The first-order valence-corrected chi connectivity index (χ1v) is 11.4. The van der Waals surface area contributed by atoms with Gasteiger partial charge in [-0.15, -0.1) is 0 Å². The number of phenolic OH excluding ortho intramolecular Hbond substituents is 1. The lowest BCUT2D eigenvalue weighted by Gasteiger charge is -2.78. The van der Waals surface area contributed by atoms with Gasteiger partial charge in [0.1, 0.15) is 5.75 Å². The maximum atomic E-state index is 10.1. The zero-order chi connectivity index (χ0) is 23.0. The van der Waals surface area contributed by atoms with E-state index in [-0.39, 0.29) is 32.5 Å². The molecule has 2 aromatic rings. The molecule has 1 aliphatic rings. The van der Waals surface area contributed by atoms with Crippen LogP contribution < -0.4 is 0 Å². The highest BCUT2D eigenvalue weighted by atomic mass is 16.3. The van der Waals surface area contributed by atoms with Gasteiger partial charge in [0.25, 0.3) is 0 Å². The maximum Gasteiger partial charge on any atom is 0.115 e. The van der Waals surface area contributed by atoms with Gasteiger partial charge in [-0.2, -0.15) is 0 Å². The SMILES string of the molecule is Cc1ccc(C2(c3ccc(O)cc3)C(C)(C)C(C)(C)C(C)(C)C(C)(C)C2(C)C)cc1. The normalized spacial score (nSPS) is 24.9. The van der Waals surface area contributed by atoms with E-state index in [0.717, 1.165) is 0 Å². The molecule has 0 unspecified atom stereocenters. The smallest absolute Gasteiger partial charge is 0.115 e. The Morgan fingerprint density at radius 3 is 1.13 bits per heavy atom. The molecule has 1 fully saturated rings. The van der Waals surface area contributed by atoms with Crippen molar-refractivity contribution in [1.82, 2.24) is 0 Å². The molecule has 1 heteroatoms. The number of aromatic hydroxyl groups is 1. The molecule has 1 aliphatic carbocycles. The molecule has 0 saturated heterocycles. The van der Waals surface area contributed by atoms with Crippen molar-refractivity contribution in [3.8, 4) is 5.75 Å². The number of phenols is 1. The number of benzene rings is 2. The highest BCUT2D eigenvalue weighted by Crippen LogP contribution is 2.79. The van der Waals surface area contributed by atoms with Crippen LogP contribution in [-0.4, -0.2) is 5.11 Å². The Bertz CT molecular complexity index is 844. The largest absolute Gasteiger partial charge is 0.508 e. The quantitative estimate of drug-likeness (QED) is 0.533. The molecule has 0 amide bonds. The zero-order valence-corrected chi connectivity index (χ0v) is 21.1. The van der Waals surface area contributed by atoms with Crippen molar-refractivity contribution in [2.24, 2.45) is 27.1 Å². The second kappa shape index (κ2) is 6.38. The Balaban J connectivity index is 2.57. The van der Waals surface area contributed by atoms with Gasteiger partial charge in [-0.05, 0) is 57.3 Å². The van der Waals surface area contributed by atoms with E-state index in [9.17, 15) is 5.11 Å². The summed E-state index contributed by atoms with van der Waals surface area (Å²) in [6.45, 7) is 26.8. The fourth-order valence-corrected chi connectivity index (χ4v) is 7.19. The second-order valence-corrected chi connectivity index (χ2v) is 12.3. The molecule has 164 valence electrons. The van der Waals surface area contributed by atoms with Crippen LogP contribution in [0.15, 0.2) is 48.5 Å². The number of rotatable bonds is 2. The van der Waals surface area contributed by atoms with E-state index in [1.54, 1.807) is 0 Å². The molecule has 0 spiro atoms. The highest BCUT2D eigenvalue weighted by Gasteiger charge is 2.75. The molecule has 0 bridgehead atoms. The molecule has 3 rings (SSSR count). The minimum Gasteiger partial charge on any atom is -0.508 e. The van der Waals surface area contributed by atoms with E-state index >= 15 is 0 Å². The summed E-state index contributed by atoms with van der Waals surface area (Å²) in [5.74, 6) is 0.322. The van der Waals surface area contributed by atoms with Crippen molar-refractivity contribution >= 4 is 0 Å². The summed E-state index contributed by atoms with van der Waals surface area (Å²) in [5, 5.41) is 10.1. The third kappa shape index (κ3) is 2.36. The van der Waals surface area contributed by atoms with E-state index in [2.05, 4.69) is 113 Å². The Kier molecular flexibility index (Phi) is 4.87. The molecule has 2 aromatic carbocycles. The van der Waals surface area contributed by atoms with Crippen LogP contribution >= 0.6 is 0 Å². The van der Waals surface area contributed by atoms with Crippen molar-refractivity contribution in [2.75, 3.05) is 0 Å². The summed E-state index contributed by atoms with van der Waals surface area (Å²) in [6.07, 6.45) is 0. The van der Waals surface area contributed by atoms with Crippen LogP contribution in [0.5, 0.6) is 5.75 Å². The van der Waals surface area contributed by atoms with Crippen molar-refractivity contribution in [1.29, 1.82) is 0 Å². The van der Waals surface area contributed by atoms with Crippen LogP contribution in [0.2, 0.25) is 0 Å². The molecule has 0 radical (unpaired) electrons. The van der Waals surface area contributed by atoms with E-state index in [1.807, 2.05) is 12.1 Å². The van der Waals surface area contributed by atoms with Crippen molar-refractivity contribution in [2.45, 2.75) is 81.6 Å². The summed E-state index contributed by atoms with van der Waals surface area (Å²) in [6, 6.07) is 17.2. The van der Waals surface area contributed by atoms with Crippen molar-refractivity contribution < 1.29 is 5.11 Å². The van der Waals surface area contributed by atoms with E-state index in [1.165, 1.54) is 16.7 Å². The number of aryl methyl sites for hydroxylation is 1. The summed E-state index contributed by atoms with van der Waals surface area (Å²) in [5.41, 5.74) is 3.70. The van der Waals surface area contributed by atoms with Gasteiger partial charge < -0.3 is 5.11 Å². The van der Waals surface area contributed by atoms with Crippen LogP contribution in [0.1, 0.15) is 85.9 Å². The minimum absolute atomic E-state index is 0.0296. The lowest BCUT2D eigenvalue weighted by Crippen LogP contribution is -2.74. The Morgan fingerprint density at radius 1 is 0.467 bits per heavy atom. The first kappa shape index (κ1) is 22.9. The van der Waals surface area contributed by atoms with Crippen LogP contribution in [0, 0.1) is 34.0 Å². The third-order valence-corrected chi connectivity index (χ3v) is 10.9. The Labute approximate surface area is 184 Å². The summed E-state index contributed by atoms with van der Waals surface area (Å²) in [7, 11) is 0. The Hall–Kier alpha value is -1.76. The third-order valence-electron chi connectivity index (χ3n) is 10.9. The topological polar surface area (TPSA) is 20.2 Å². The van der Waals surface area contributed by atoms with Crippen molar-refractivity contribution in [3.05, 3.63) is 65.2 Å².